The van der Waals surface area contributed by atoms with Gasteiger partial charge in [-0.3, -0.25) is 4.79 Å². The summed E-state index contributed by atoms with van der Waals surface area (Å²) in [4.78, 5) is 14.9. The molecule has 2 fully saturated rings. The van der Waals surface area contributed by atoms with Crippen LogP contribution in [0.5, 0.6) is 17.2 Å². The molecule has 2 saturated heterocycles. The van der Waals surface area contributed by atoms with Gasteiger partial charge >= 0.3 is 0 Å². The van der Waals surface area contributed by atoms with Gasteiger partial charge in [0.1, 0.15) is 18.4 Å². The van der Waals surface area contributed by atoms with Gasteiger partial charge in [0.15, 0.2) is 11.5 Å². The number of carbonyl (C=O) groups excluding carboxylic acids is 1. The van der Waals surface area contributed by atoms with Gasteiger partial charge in [0, 0.05) is 28.7 Å². The molecule has 2 unspecified atom stereocenters. The Morgan fingerprint density at radius 2 is 1.71 bits per heavy atom. The summed E-state index contributed by atoms with van der Waals surface area (Å²) in [5, 5.41) is 0.460. The zero-order valence-electron chi connectivity index (χ0n) is 18.9. The van der Waals surface area contributed by atoms with Crippen LogP contribution >= 0.6 is 23.2 Å². The number of piperazine rings is 1. The van der Waals surface area contributed by atoms with Crippen molar-refractivity contribution < 1.29 is 27.4 Å². The summed E-state index contributed by atoms with van der Waals surface area (Å²) in [5.74, 6) is 1.51. The minimum atomic E-state index is -3.94. The SMILES string of the molecule is COc1ccc(OCCN2CC3CCCC(C2=O)N3S(=O)(=O)c2cc(Cl)cc(Cl)c2)cc1OC. The molecule has 2 heterocycles. The first-order valence-corrected chi connectivity index (χ1v) is 13.1. The highest BCUT2D eigenvalue weighted by atomic mass is 35.5. The second-order valence-electron chi connectivity index (χ2n) is 8.19. The van der Waals surface area contributed by atoms with Gasteiger partial charge in [-0.2, -0.15) is 4.31 Å². The average molecular weight is 529 g/mol. The first-order valence-electron chi connectivity index (χ1n) is 10.9. The molecule has 2 atom stereocenters. The number of amides is 1. The maximum atomic E-state index is 13.5. The monoisotopic (exact) mass is 528 g/mol. The number of carbonyl (C=O) groups is 1. The summed E-state index contributed by atoms with van der Waals surface area (Å²) in [6.07, 6.45) is 1.93. The van der Waals surface area contributed by atoms with E-state index in [0.717, 1.165) is 6.42 Å². The molecule has 2 bridgehead atoms. The van der Waals surface area contributed by atoms with Crippen LogP contribution in [-0.2, 0) is 14.8 Å². The number of hydrogen-bond donors (Lipinski definition) is 0. The van der Waals surface area contributed by atoms with Gasteiger partial charge in [-0.15, -0.1) is 0 Å². The molecule has 0 N–H and O–H groups in total. The minimum absolute atomic E-state index is 0.0000589. The lowest BCUT2D eigenvalue weighted by Crippen LogP contribution is -2.65. The van der Waals surface area contributed by atoms with E-state index in [-0.39, 0.29) is 33.5 Å². The topological polar surface area (TPSA) is 85.4 Å². The van der Waals surface area contributed by atoms with Gasteiger partial charge in [0.25, 0.3) is 0 Å². The minimum Gasteiger partial charge on any atom is -0.493 e. The van der Waals surface area contributed by atoms with Crippen LogP contribution in [0.4, 0.5) is 0 Å². The highest BCUT2D eigenvalue weighted by Crippen LogP contribution is 2.36. The average Bonchev–Trinajstić information content (AvgIpc) is 2.81. The molecule has 1 amide bonds. The summed E-state index contributed by atoms with van der Waals surface area (Å²) in [6, 6.07) is 8.37. The fourth-order valence-corrected chi connectivity index (χ4v) is 7.11. The van der Waals surface area contributed by atoms with Crippen molar-refractivity contribution in [3.8, 4) is 17.2 Å². The number of likely N-dealkylation sites (tertiary alicyclic amines) is 1. The van der Waals surface area contributed by atoms with Crippen LogP contribution in [0.2, 0.25) is 10.0 Å². The van der Waals surface area contributed by atoms with E-state index in [1.165, 1.54) is 22.5 Å². The van der Waals surface area contributed by atoms with E-state index >= 15 is 0 Å². The summed E-state index contributed by atoms with van der Waals surface area (Å²) < 4.78 is 44.6. The molecule has 0 saturated carbocycles. The Balaban J connectivity index is 1.47. The van der Waals surface area contributed by atoms with Crippen molar-refractivity contribution in [2.24, 2.45) is 0 Å². The Morgan fingerprint density at radius 1 is 1.00 bits per heavy atom. The van der Waals surface area contributed by atoms with Crippen molar-refractivity contribution >= 4 is 39.1 Å². The molecule has 0 aliphatic carbocycles. The van der Waals surface area contributed by atoms with E-state index in [9.17, 15) is 13.2 Å². The number of fused-ring (bicyclic) bond motifs is 2. The quantitative estimate of drug-likeness (QED) is 0.517. The molecule has 8 nitrogen and oxygen atoms in total. The normalized spacial score (nSPS) is 20.8. The molecule has 34 heavy (non-hydrogen) atoms. The lowest BCUT2D eigenvalue weighted by Gasteiger charge is -2.48. The number of hydrogen-bond acceptors (Lipinski definition) is 6. The zero-order valence-corrected chi connectivity index (χ0v) is 21.2. The standard InChI is InChI=1S/C23H26Cl2N2O6S/c1-31-21-7-6-18(13-22(21)32-2)33-9-8-26-14-17-4-3-5-20(23(26)28)27(17)34(29,30)19-11-15(24)10-16(25)12-19/h6-7,10-13,17,20H,3-5,8-9,14H2,1-2H3. The number of sulfonamides is 1. The van der Waals surface area contributed by atoms with E-state index in [1.54, 1.807) is 37.3 Å². The zero-order chi connectivity index (χ0) is 24.5. The number of halogens is 2. The van der Waals surface area contributed by atoms with E-state index in [4.69, 9.17) is 37.4 Å². The lowest BCUT2D eigenvalue weighted by molar-refractivity contribution is -0.143. The number of piperidine rings is 1. The van der Waals surface area contributed by atoms with Crippen LogP contribution in [-0.4, -0.2) is 69.5 Å². The van der Waals surface area contributed by atoms with E-state index in [2.05, 4.69) is 0 Å². The Bertz CT molecular complexity index is 1160. The van der Waals surface area contributed by atoms with Gasteiger partial charge in [-0.25, -0.2) is 8.42 Å². The fraction of sp³-hybridized carbons (Fsp3) is 0.435. The predicted molar refractivity (Wildman–Crippen MR) is 129 cm³/mol. The van der Waals surface area contributed by atoms with Crippen molar-refractivity contribution in [2.75, 3.05) is 33.9 Å². The van der Waals surface area contributed by atoms with Gasteiger partial charge in [0.2, 0.25) is 15.9 Å². The molecule has 0 spiro atoms. The molecule has 2 aromatic carbocycles. The summed E-state index contributed by atoms with van der Waals surface area (Å²) in [7, 11) is -0.838. The maximum absolute atomic E-state index is 13.5. The largest absolute Gasteiger partial charge is 0.493 e. The van der Waals surface area contributed by atoms with Crippen molar-refractivity contribution in [3.63, 3.8) is 0 Å². The Kier molecular flexibility index (Phi) is 7.47. The Labute approximate surface area is 209 Å². The highest BCUT2D eigenvalue weighted by Gasteiger charge is 2.49. The van der Waals surface area contributed by atoms with Crippen molar-refractivity contribution in [3.05, 3.63) is 46.4 Å². The summed E-state index contributed by atoms with van der Waals surface area (Å²) in [6.45, 7) is 0.909. The summed E-state index contributed by atoms with van der Waals surface area (Å²) >= 11 is 12.1. The third-order valence-electron chi connectivity index (χ3n) is 6.11. The number of ether oxygens (including phenoxy) is 3. The molecule has 11 heteroatoms. The first kappa shape index (κ1) is 24.9. The maximum Gasteiger partial charge on any atom is 0.244 e. The van der Waals surface area contributed by atoms with Crippen molar-refractivity contribution in [1.29, 1.82) is 0 Å². The molecule has 2 aromatic rings. The van der Waals surface area contributed by atoms with Crippen LogP contribution in [0, 0.1) is 0 Å². The van der Waals surface area contributed by atoms with Gasteiger partial charge in [0.05, 0.1) is 25.7 Å². The van der Waals surface area contributed by atoms with Crippen molar-refractivity contribution in [1.82, 2.24) is 9.21 Å². The van der Waals surface area contributed by atoms with Crippen LogP contribution < -0.4 is 14.2 Å². The van der Waals surface area contributed by atoms with E-state index < -0.39 is 16.1 Å². The van der Waals surface area contributed by atoms with Crippen LogP contribution in [0.25, 0.3) is 0 Å². The smallest absolute Gasteiger partial charge is 0.244 e. The molecule has 2 aliphatic heterocycles. The Morgan fingerprint density at radius 3 is 2.38 bits per heavy atom. The first-order chi connectivity index (χ1) is 16.2. The lowest BCUT2D eigenvalue weighted by atomic mass is 9.93. The van der Waals surface area contributed by atoms with Crippen LogP contribution in [0.1, 0.15) is 19.3 Å². The number of nitrogens with zero attached hydrogens (tertiary/aromatic N) is 2. The van der Waals surface area contributed by atoms with E-state index in [1.807, 2.05) is 0 Å². The summed E-state index contributed by atoms with van der Waals surface area (Å²) in [5.41, 5.74) is 0. The third kappa shape index (κ3) is 4.93. The van der Waals surface area contributed by atoms with Crippen LogP contribution in [0.3, 0.4) is 0 Å². The molecule has 0 radical (unpaired) electrons. The van der Waals surface area contributed by atoms with Gasteiger partial charge in [-0.05, 0) is 49.6 Å². The van der Waals surface area contributed by atoms with Gasteiger partial charge < -0.3 is 19.1 Å². The number of rotatable bonds is 8. The predicted octanol–water partition coefficient (Wildman–Crippen LogP) is 3.84. The highest BCUT2D eigenvalue weighted by molar-refractivity contribution is 7.89. The molecule has 2 aliphatic rings. The number of benzene rings is 2. The second kappa shape index (κ2) is 10.2. The molecular formula is C23H26Cl2N2O6S. The molecule has 184 valence electrons. The Hall–Kier alpha value is -2.20. The second-order valence-corrected chi connectivity index (χ2v) is 10.9. The molecular weight excluding hydrogens is 503 g/mol. The van der Waals surface area contributed by atoms with E-state index in [0.29, 0.717) is 43.2 Å². The number of methoxy groups -OCH3 is 2. The van der Waals surface area contributed by atoms with Crippen molar-refractivity contribution in [2.45, 2.75) is 36.2 Å². The van der Waals surface area contributed by atoms with Crippen LogP contribution in [0.15, 0.2) is 41.3 Å². The molecule has 4 rings (SSSR count). The van der Waals surface area contributed by atoms with Gasteiger partial charge in [-0.1, -0.05) is 23.2 Å². The third-order valence-corrected chi connectivity index (χ3v) is 8.48. The molecule has 0 aromatic heterocycles. The fourth-order valence-electron chi connectivity index (χ4n) is 4.56.